The number of hydrogen-bond donors (Lipinski definition) is 1. The van der Waals surface area contributed by atoms with Crippen molar-refractivity contribution in [1.82, 2.24) is 14.9 Å². The normalized spacial score (nSPS) is 17.2. The molecule has 184 valence electrons. The Morgan fingerprint density at radius 2 is 1.67 bits per heavy atom. The van der Waals surface area contributed by atoms with E-state index in [4.69, 9.17) is 26.7 Å². The molecule has 36 heavy (non-hydrogen) atoms. The van der Waals surface area contributed by atoms with Crippen molar-refractivity contribution in [3.05, 3.63) is 101 Å². The summed E-state index contributed by atoms with van der Waals surface area (Å²) in [6.07, 6.45) is 1.82. The molecular weight excluding hydrogens is 468 g/mol. The van der Waals surface area contributed by atoms with E-state index in [-0.39, 0.29) is 12.1 Å². The van der Waals surface area contributed by atoms with Crippen LogP contribution in [0.4, 0.5) is 5.69 Å². The van der Waals surface area contributed by atoms with Gasteiger partial charge in [-0.3, -0.25) is 4.98 Å². The highest BCUT2D eigenvalue weighted by Crippen LogP contribution is 2.46. The van der Waals surface area contributed by atoms with Gasteiger partial charge in [0.1, 0.15) is 11.5 Å². The van der Waals surface area contributed by atoms with E-state index in [0.29, 0.717) is 10.9 Å². The van der Waals surface area contributed by atoms with Crippen LogP contribution < -0.4 is 19.7 Å². The molecule has 1 aliphatic heterocycles. The number of pyridine rings is 1. The van der Waals surface area contributed by atoms with Crippen LogP contribution in [-0.4, -0.2) is 28.9 Å². The summed E-state index contributed by atoms with van der Waals surface area (Å²) in [6.45, 7) is 6.47. The summed E-state index contributed by atoms with van der Waals surface area (Å²) in [7, 11) is 3.32. The molecule has 0 unspecified atom stereocenters. The highest BCUT2D eigenvalue weighted by molar-refractivity contribution is 7.80. The monoisotopic (exact) mass is 498 g/mol. The van der Waals surface area contributed by atoms with E-state index in [1.165, 1.54) is 16.8 Å². The Labute approximate surface area is 217 Å². The van der Waals surface area contributed by atoms with Gasteiger partial charge < -0.3 is 24.3 Å². The molecule has 1 saturated heterocycles. The fraction of sp³-hybridized carbons (Fsp3) is 0.241. The number of ether oxygens (including phenoxy) is 2. The number of nitrogens with zero attached hydrogens (tertiary/aromatic N) is 3. The number of rotatable bonds is 6. The van der Waals surface area contributed by atoms with Crippen molar-refractivity contribution in [3.63, 3.8) is 0 Å². The molecular formula is C29H30N4O2S. The first-order valence-electron chi connectivity index (χ1n) is 11.9. The van der Waals surface area contributed by atoms with Crippen LogP contribution in [0.5, 0.6) is 11.5 Å². The second-order valence-corrected chi connectivity index (χ2v) is 9.37. The van der Waals surface area contributed by atoms with Gasteiger partial charge in [-0.2, -0.15) is 0 Å². The largest absolute Gasteiger partial charge is 0.497 e. The minimum atomic E-state index is -0.142. The van der Waals surface area contributed by atoms with Crippen LogP contribution in [0.25, 0.3) is 5.69 Å². The second-order valence-electron chi connectivity index (χ2n) is 8.98. The Morgan fingerprint density at radius 1 is 0.889 bits per heavy atom. The van der Waals surface area contributed by atoms with Crippen LogP contribution in [0.1, 0.15) is 40.3 Å². The van der Waals surface area contributed by atoms with E-state index in [2.05, 4.69) is 65.9 Å². The summed E-state index contributed by atoms with van der Waals surface area (Å²) in [4.78, 5) is 6.84. The summed E-state index contributed by atoms with van der Waals surface area (Å²) in [6, 6.07) is 22.3. The maximum atomic E-state index is 5.94. The third-order valence-corrected chi connectivity index (χ3v) is 7.20. The Kier molecular flexibility index (Phi) is 6.41. The first-order chi connectivity index (χ1) is 17.4. The van der Waals surface area contributed by atoms with Gasteiger partial charge in [-0.15, -0.1) is 0 Å². The first-order valence-corrected chi connectivity index (χ1v) is 12.3. The van der Waals surface area contributed by atoms with E-state index < -0.39 is 0 Å². The van der Waals surface area contributed by atoms with Crippen molar-refractivity contribution in [3.8, 4) is 17.2 Å². The average Bonchev–Trinajstić information content (AvgIpc) is 3.39. The zero-order valence-corrected chi connectivity index (χ0v) is 22.0. The number of thiocarbonyl (C=S) groups is 1. The van der Waals surface area contributed by atoms with Crippen LogP contribution in [0.3, 0.4) is 0 Å². The van der Waals surface area contributed by atoms with Crippen LogP contribution in [0.2, 0.25) is 0 Å². The lowest BCUT2D eigenvalue weighted by Crippen LogP contribution is -2.30. The zero-order chi connectivity index (χ0) is 25.4. The van der Waals surface area contributed by atoms with Gasteiger partial charge in [0.2, 0.25) is 0 Å². The molecule has 2 aromatic heterocycles. The molecule has 0 bridgehead atoms. The molecule has 7 heteroatoms. The van der Waals surface area contributed by atoms with Gasteiger partial charge in [0.25, 0.3) is 0 Å². The number of benzene rings is 2. The van der Waals surface area contributed by atoms with Crippen molar-refractivity contribution in [2.45, 2.75) is 32.9 Å². The molecule has 2 atom stereocenters. The fourth-order valence-electron chi connectivity index (χ4n) is 5.19. The van der Waals surface area contributed by atoms with Gasteiger partial charge in [0.05, 0.1) is 37.7 Å². The van der Waals surface area contributed by atoms with Crippen molar-refractivity contribution in [2.75, 3.05) is 19.1 Å². The lowest BCUT2D eigenvalue weighted by atomic mass is 9.96. The maximum absolute atomic E-state index is 5.94. The number of aromatic nitrogens is 2. The minimum Gasteiger partial charge on any atom is -0.497 e. The first kappa shape index (κ1) is 23.9. The quantitative estimate of drug-likeness (QED) is 0.330. The van der Waals surface area contributed by atoms with E-state index in [9.17, 15) is 0 Å². The van der Waals surface area contributed by atoms with Crippen LogP contribution in [0.15, 0.2) is 72.9 Å². The van der Waals surface area contributed by atoms with Crippen LogP contribution >= 0.6 is 12.2 Å². The molecule has 2 aromatic carbocycles. The summed E-state index contributed by atoms with van der Waals surface area (Å²) in [5.41, 5.74) is 7.71. The van der Waals surface area contributed by atoms with Crippen molar-refractivity contribution in [2.24, 2.45) is 0 Å². The van der Waals surface area contributed by atoms with E-state index in [1.807, 2.05) is 42.6 Å². The number of aryl methyl sites for hydroxylation is 2. The van der Waals surface area contributed by atoms with Crippen molar-refractivity contribution < 1.29 is 9.47 Å². The molecule has 1 fully saturated rings. The highest BCUT2D eigenvalue weighted by atomic mass is 32.1. The van der Waals surface area contributed by atoms with Gasteiger partial charge in [-0.25, -0.2) is 0 Å². The van der Waals surface area contributed by atoms with Crippen molar-refractivity contribution >= 4 is 23.0 Å². The standard InChI is InChI=1S/C29H30N4O2S/c1-18-10-6-7-12-24(18)32-19(2)16-22(20(32)3)28-27(23-11-8-9-15-30-23)31-29(36)33(28)25-14-13-21(34-4)17-26(25)35-5/h6-17,27-28H,1-5H3,(H,31,36)/t27-,28-/m1/s1. The molecule has 0 saturated carbocycles. The predicted molar refractivity (Wildman–Crippen MR) is 147 cm³/mol. The maximum Gasteiger partial charge on any atom is 0.174 e. The molecule has 3 heterocycles. The average molecular weight is 499 g/mol. The SMILES string of the molecule is COc1ccc(N2C(=S)N[C@H](c3ccccn3)[C@H]2c2cc(C)n(-c3ccccc3C)c2C)c(OC)c1. The summed E-state index contributed by atoms with van der Waals surface area (Å²) in [5, 5.41) is 4.18. The smallest absolute Gasteiger partial charge is 0.174 e. The number of para-hydroxylation sites is 1. The fourth-order valence-corrected chi connectivity index (χ4v) is 5.53. The topological polar surface area (TPSA) is 51.5 Å². The Balaban J connectivity index is 1.71. The Bertz CT molecular complexity index is 1420. The molecule has 5 rings (SSSR count). The zero-order valence-electron chi connectivity index (χ0n) is 21.1. The van der Waals surface area contributed by atoms with Crippen LogP contribution in [0, 0.1) is 20.8 Å². The third-order valence-electron chi connectivity index (χ3n) is 6.89. The Morgan fingerprint density at radius 3 is 2.36 bits per heavy atom. The number of anilines is 1. The molecule has 0 aliphatic carbocycles. The number of nitrogens with one attached hydrogen (secondary N) is 1. The molecule has 6 nitrogen and oxygen atoms in total. The molecule has 0 spiro atoms. The van der Waals surface area contributed by atoms with Gasteiger partial charge in [-0.1, -0.05) is 24.3 Å². The van der Waals surface area contributed by atoms with Gasteiger partial charge >= 0.3 is 0 Å². The molecule has 1 aliphatic rings. The summed E-state index contributed by atoms with van der Waals surface area (Å²) < 4.78 is 13.6. The second kappa shape index (κ2) is 9.66. The predicted octanol–water partition coefficient (Wildman–Crippen LogP) is 5.99. The lowest BCUT2D eigenvalue weighted by molar-refractivity contribution is 0.394. The molecule has 1 N–H and O–H groups in total. The molecule has 0 radical (unpaired) electrons. The highest BCUT2D eigenvalue weighted by Gasteiger charge is 2.43. The van der Waals surface area contributed by atoms with Crippen LogP contribution in [-0.2, 0) is 0 Å². The van der Waals surface area contributed by atoms with Gasteiger partial charge in [-0.05, 0) is 80.5 Å². The summed E-state index contributed by atoms with van der Waals surface area (Å²) in [5.74, 6) is 1.42. The third kappa shape index (κ3) is 3.99. The molecule has 0 amide bonds. The minimum absolute atomic E-state index is 0.140. The van der Waals surface area contributed by atoms with E-state index >= 15 is 0 Å². The van der Waals surface area contributed by atoms with Crippen molar-refractivity contribution in [1.29, 1.82) is 0 Å². The van der Waals surface area contributed by atoms with E-state index in [0.717, 1.165) is 28.5 Å². The summed E-state index contributed by atoms with van der Waals surface area (Å²) >= 11 is 5.94. The lowest BCUT2D eigenvalue weighted by Gasteiger charge is -2.29. The number of hydrogen-bond acceptors (Lipinski definition) is 4. The Hall–Kier alpha value is -3.84. The molecule has 4 aromatic rings. The number of methoxy groups -OCH3 is 2. The van der Waals surface area contributed by atoms with E-state index in [1.54, 1.807) is 14.2 Å². The van der Waals surface area contributed by atoms with Gasteiger partial charge in [0, 0.05) is 29.3 Å². The van der Waals surface area contributed by atoms with Gasteiger partial charge in [0.15, 0.2) is 5.11 Å².